The van der Waals surface area contributed by atoms with Gasteiger partial charge in [0.25, 0.3) is 0 Å². The van der Waals surface area contributed by atoms with Crippen LogP contribution in [0.3, 0.4) is 0 Å². The van der Waals surface area contributed by atoms with Crippen LogP contribution in [0.1, 0.15) is 6.42 Å². The number of carboxylic acids is 1. The summed E-state index contributed by atoms with van der Waals surface area (Å²) in [5, 5.41) is 19.8. The van der Waals surface area contributed by atoms with E-state index in [1.54, 1.807) is 0 Å². The molecule has 0 bridgehead atoms. The first-order chi connectivity index (χ1) is 15.0. The van der Waals surface area contributed by atoms with Gasteiger partial charge in [0.2, 0.25) is 0 Å². The fourth-order valence-corrected chi connectivity index (χ4v) is 2.32. The molecule has 0 aromatic carbocycles. The first-order valence-electron chi connectivity index (χ1n) is 8.64. The van der Waals surface area contributed by atoms with Gasteiger partial charge in [0.1, 0.15) is 0 Å². The van der Waals surface area contributed by atoms with E-state index < -0.39 is 77.6 Å². The highest BCUT2D eigenvalue weighted by atomic mass is 19.4. The van der Waals surface area contributed by atoms with Gasteiger partial charge in [-0.15, -0.1) is 0 Å². The van der Waals surface area contributed by atoms with Gasteiger partial charge in [-0.25, -0.2) is 4.79 Å². The first-order valence-corrected chi connectivity index (χ1v) is 8.64. The van der Waals surface area contributed by atoms with Crippen molar-refractivity contribution < 1.29 is 85.3 Å². The molecule has 0 saturated carbocycles. The number of rotatable bonds is 12. The predicted molar refractivity (Wildman–Crippen MR) is 82.1 cm³/mol. The van der Waals surface area contributed by atoms with Crippen molar-refractivity contribution in [2.24, 2.45) is 4.99 Å². The Balaban J connectivity index is 6.10. The molecule has 0 rings (SSSR count). The van der Waals surface area contributed by atoms with Crippen LogP contribution in [0.2, 0.25) is 0 Å². The average Bonchev–Trinajstić information content (AvgIpc) is 2.62. The van der Waals surface area contributed by atoms with Gasteiger partial charge in [-0.3, -0.25) is 4.99 Å². The fraction of sp³-hybridized carbons (Fsp3) is 0.867. The molecule has 0 atom stereocenters. The van der Waals surface area contributed by atoms with E-state index in [2.05, 4.69) is 4.99 Å². The van der Waals surface area contributed by atoms with E-state index in [9.17, 15) is 75.8 Å². The Hall–Kier alpha value is -2.15. The third-order valence-corrected chi connectivity index (χ3v) is 4.34. The number of hydrogen-bond donors (Lipinski definition) is 1. The van der Waals surface area contributed by atoms with Gasteiger partial charge in [-0.1, -0.05) is 0 Å². The minimum Gasteiger partial charge on any atom is -0.858 e. The number of alkyl halides is 15. The summed E-state index contributed by atoms with van der Waals surface area (Å²) in [5.41, 5.74) is 0. The molecule has 0 aliphatic heterocycles. The molecule has 35 heavy (non-hydrogen) atoms. The van der Waals surface area contributed by atoms with Crippen LogP contribution >= 0.6 is 0 Å². The second-order valence-corrected chi connectivity index (χ2v) is 7.70. The van der Waals surface area contributed by atoms with Crippen molar-refractivity contribution in [3.05, 3.63) is 0 Å². The number of hydrogen-bond acceptors (Lipinski definition) is 3. The number of halogens is 15. The van der Waals surface area contributed by atoms with Crippen LogP contribution in [-0.2, 0) is 4.79 Å². The van der Waals surface area contributed by atoms with Gasteiger partial charge in [-0.2, -0.15) is 65.9 Å². The van der Waals surface area contributed by atoms with E-state index in [1.165, 1.54) is 14.1 Å². The van der Waals surface area contributed by atoms with E-state index in [0.717, 1.165) is 0 Å². The first kappa shape index (κ1) is 32.9. The Labute approximate surface area is 185 Å². The number of nitrogens with zero attached hydrogens (tertiary/aromatic N) is 2. The molecule has 0 unspecified atom stereocenters. The van der Waals surface area contributed by atoms with E-state index in [1.807, 2.05) is 0 Å². The summed E-state index contributed by atoms with van der Waals surface area (Å²) in [6.45, 7) is -2.16. The number of aliphatic imine (C=N–C) groups is 1. The summed E-state index contributed by atoms with van der Waals surface area (Å²) in [4.78, 5) is 12.8. The highest BCUT2D eigenvalue weighted by molar-refractivity contribution is 5.81. The van der Waals surface area contributed by atoms with Gasteiger partial charge in [0.15, 0.2) is 6.54 Å². The predicted octanol–water partition coefficient (Wildman–Crippen LogP) is 3.67. The van der Waals surface area contributed by atoms with Crippen molar-refractivity contribution in [2.45, 2.75) is 48.1 Å². The van der Waals surface area contributed by atoms with Crippen molar-refractivity contribution >= 4 is 11.9 Å². The van der Waals surface area contributed by atoms with Gasteiger partial charge >= 0.3 is 47.7 Å². The van der Waals surface area contributed by atoms with Crippen LogP contribution in [0.5, 0.6) is 0 Å². The summed E-state index contributed by atoms with van der Waals surface area (Å²) in [5.74, 6) is -53.4. The van der Waals surface area contributed by atoms with Crippen LogP contribution in [-0.4, -0.2) is 96.9 Å². The SMILES string of the molecule is C[N+](C)(CCCN=C([O-])C(F)(F)C(F)(F)C(F)(F)C(F)(F)C(F)(F)C(F)(F)C(F)(F)F)CC(=O)O. The summed E-state index contributed by atoms with van der Waals surface area (Å²) in [6, 6.07) is 0. The normalized spacial score (nSPS) is 16.0. The van der Waals surface area contributed by atoms with Crippen molar-refractivity contribution in [2.75, 3.05) is 33.7 Å². The Kier molecular flexibility index (Phi) is 8.80. The maximum absolute atomic E-state index is 13.6. The topological polar surface area (TPSA) is 72.7 Å². The second kappa shape index (κ2) is 9.38. The van der Waals surface area contributed by atoms with Crippen LogP contribution in [0.25, 0.3) is 0 Å². The van der Waals surface area contributed by atoms with Crippen LogP contribution in [0.15, 0.2) is 4.99 Å². The molecular weight excluding hydrogens is 541 g/mol. The Morgan fingerprint density at radius 3 is 1.49 bits per heavy atom. The second-order valence-electron chi connectivity index (χ2n) is 7.70. The zero-order valence-corrected chi connectivity index (χ0v) is 17.2. The monoisotopic (exact) mass is 556 g/mol. The summed E-state index contributed by atoms with van der Waals surface area (Å²) < 4.78 is 195. The van der Waals surface area contributed by atoms with E-state index in [-0.39, 0.29) is 6.54 Å². The van der Waals surface area contributed by atoms with Gasteiger partial charge < -0.3 is 14.7 Å². The molecule has 0 spiro atoms. The number of likely N-dealkylation sites (N-methyl/N-ethyl adjacent to an activating group) is 1. The lowest BCUT2D eigenvalue weighted by molar-refractivity contribution is -0.883. The molecular formula is C15H15F15N2O3. The maximum atomic E-state index is 13.6. The largest absolute Gasteiger partial charge is 0.858 e. The Morgan fingerprint density at radius 1 is 0.743 bits per heavy atom. The van der Waals surface area contributed by atoms with Gasteiger partial charge in [0.05, 0.1) is 20.6 Å². The molecule has 0 saturated heterocycles. The molecule has 0 aliphatic carbocycles. The molecule has 0 fully saturated rings. The number of carbonyl (C=O) groups is 1. The third-order valence-electron chi connectivity index (χ3n) is 4.34. The zero-order valence-electron chi connectivity index (χ0n) is 17.2. The van der Waals surface area contributed by atoms with Crippen molar-refractivity contribution in [3.8, 4) is 0 Å². The number of quaternary nitrogens is 1. The highest BCUT2D eigenvalue weighted by Gasteiger charge is 2.93. The highest BCUT2D eigenvalue weighted by Crippen LogP contribution is 2.62. The molecule has 0 amide bonds. The quantitative estimate of drug-likeness (QED) is 0.131. The smallest absolute Gasteiger partial charge is 0.460 e. The fourth-order valence-electron chi connectivity index (χ4n) is 2.32. The molecule has 1 N–H and O–H groups in total. The molecule has 0 heterocycles. The summed E-state index contributed by atoms with van der Waals surface area (Å²) >= 11 is 0. The van der Waals surface area contributed by atoms with Crippen molar-refractivity contribution in [1.82, 2.24) is 0 Å². The maximum Gasteiger partial charge on any atom is 0.460 e. The summed E-state index contributed by atoms with van der Waals surface area (Å²) in [6.07, 6.45) is -8.29. The average molecular weight is 556 g/mol. The Morgan fingerprint density at radius 2 is 1.11 bits per heavy atom. The lowest BCUT2D eigenvalue weighted by Gasteiger charge is -2.42. The van der Waals surface area contributed by atoms with Gasteiger partial charge in [-0.05, 0) is 0 Å². The van der Waals surface area contributed by atoms with Crippen molar-refractivity contribution in [1.29, 1.82) is 0 Å². The zero-order chi connectivity index (χ0) is 28.7. The third kappa shape index (κ3) is 5.65. The lowest BCUT2D eigenvalue weighted by Crippen LogP contribution is -2.74. The van der Waals surface area contributed by atoms with Crippen molar-refractivity contribution in [3.63, 3.8) is 0 Å². The molecule has 208 valence electrons. The van der Waals surface area contributed by atoms with E-state index in [0.29, 0.717) is 0 Å². The van der Waals surface area contributed by atoms with E-state index >= 15 is 0 Å². The Bertz CT molecular complexity index is 806. The molecule has 0 aromatic rings. The lowest BCUT2D eigenvalue weighted by atomic mass is 9.91. The number of aliphatic carboxylic acids is 1. The standard InChI is InChI=1S/C15H15F15N2O3/c1-32(2,6-7(33)34)5-3-4-31-8(35)9(16,17)10(18,19)11(20,21)12(22,23)13(24,25)14(26,27)15(28,29)30/h3-6H2,1-2H3,(H-,31,33,34,35). The van der Waals surface area contributed by atoms with Crippen LogP contribution in [0, 0.1) is 0 Å². The molecule has 20 heteroatoms. The van der Waals surface area contributed by atoms with E-state index in [4.69, 9.17) is 5.11 Å². The molecule has 5 nitrogen and oxygen atoms in total. The van der Waals surface area contributed by atoms with Crippen LogP contribution in [0.4, 0.5) is 65.9 Å². The molecule has 0 aliphatic rings. The number of carboxylic acid groups (broad SMARTS) is 1. The summed E-state index contributed by atoms with van der Waals surface area (Å²) in [7, 11) is 2.47. The van der Waals surface area contributed by atoms with Crippen LogP contribution < -0.4 is 5.11 Å². The minimum absolute atomic E-state index is 0.321. The molecule has 0 radical (unpaired) electrons. The van der Waals surface area contributed by atoms with Gasteiger partial charge in [0, 0.05) is 18.9 Å². The molecule has 0 aromatic heterocycles. The minimum atomic E-state index is -8.48.